The summed E-state index contributed by atoms with van der Waals surface area (Å²) >= 11 is 0. The third-order valence-corrected chi connectivity index (χ3v) is 3.89. The fraction of sp³-hybridized carbons (Fsp3) is 0.667. The monoisotopic (exact) mass is 462 g/mol. The Bertz CT molecular complexity index is 669. The van der Waals surface area contributed by atoms with Crippen molar-refractivity contribution in [2.24, 2.45) is 0 Å². The van der Waals surface area contributed by atoms with E-state index in [0.717, 1.165) is 0 Å². The minimum absolute atomic E-state index is 0.228. The van der Waals surface area contributed by atoms with Crippen LogP contribution >= 0.6 is 0 Å². The van der Waals surface area contributed by atoms with Gasteiger partial charge in [-0.3, -0.25) is 0 Å². The van der Waals surface area contributed by atoms with Crippen LogP contribution in [-0.2, 0) is 4.43 Å². The standard InChI is InChI=1S/C12H15F9N4O3Si/c1-29(2,3)28-7-4-6(10(13,14)15)5-24(8(26)22-11(16,17)18)25(7)9(27)23-12(19,20)21/h4,7H,5H2,1-3H3,(H,22,26)(H,23,27)/t7-/m1/s1. The number of hydrogen-bond donors (Lipinski definition) is 2. The summed E-state index contributed by atoms with van der Waals surface area (Å²) in [4.78, 5) is 23.8. The zero-order valence-electron chi connectivity index (χ0n) is 14.9. The first-order chi connectivity index (χ1) is 12.7. The maximum atomic E-state index is 13.1. The average Bonchev–Trinajstić information content (AvgIpc) is 2.39. The maximum absolute atomic E-state index is 13.1. The molecule has 168 valence electrons. The lowest BCUT2D eigenvalue weighted by Gasteiger charge is -2.44. The molecule has 7 nitrogen and oxygen atoms in total. The summed E-state index contributed by atoms with van der Waals surface area (Å²) in [6, 6.07) is -4.52. The number of rotatable bonds is 2. The molecule has 0 fully saturated rings. The number of hydrogen-bond acceptors (Lipinski definition) is 3. The molecule has 1 aliphatic heterocycles. The molecule has 1 atom stereocenters. The van der Waals surface area contributed by atoms with Crippen molar-refractivity contribution < 1.29 is 53.5 Å². The van der Waals surface area contributed by atoms with E-state index in [1.807, 2.05) is 0 Å². The molecule has 2 N–H and O–H groups in total. The van der Waals surface area contributed by atoms with Gasteiger partial charge in [-0.1, -0.05) is 0 Å². The Morgan fingerprint density at radius 2 is 1.41 bits per heavy atom. The Labute approximate surface area is 158 Å². The summed E-state index contributed by atoms with van der Waals surface area (Å²) in [6.45, 7) is 2.51. The first-order valence-corrected chi connectivity index (χ1v) is 10.9. The molecule has 1 heterocycles. The zero-order valence-corrected chi connectivity index (χ0v) is 15.9. The van der Waals surface area contributed by atoms with Gasteiger partial charge in [-0.15, -0.1) is 0 Å². The number of nitrogens with one attached hydrogen (secondary N) is 2. The highest BCUT2D eigenvalue weighted by Gasteiger charge is 2.48. The summed E-state index contributed by atoms with van der Waals surface area (Å²) in [5.74, 6) is 0. The smallest absolute Gasteiger partial charge is 0.393 e. The minimum Gasteiger partial charge on any atom is -0.393 e. The van der Waals surface area contributed by atoms with E-state index in [2.05, 4.69) is 0 Å². The lowest BCUT2D eigenvalue weighted by atomic mass is 10.2. The quantitative estimate of drug-likeness (QED) is 0.285. The Morgan fingerprint density at radius 1 is 0.966 bits per heavy atom. The van der Waals surface area contributed by atoms with Crippen molar-refractivity contribution in [1.29, 1.82) is 0 Å². The predicted octanol–water partition coefficient (Wildman–Crippen LogP) is 3.64. The zero-order chi connectivity index (χ0) is 23.0. The van der Waals surface area contributed by atoms with Crippen LogP contribution in [0.2, 0.25) is 19.6 Å². The van der Waals surface area contributed by atoms with Gasteiger partial charge in [0.15, 0.2) is 14.5 Å². The molecule has 1 aliphatic rings. The third kappa shape index (κ3) is 7.99. The summed E-state index contributed by atoms with van der Waals surface area (Å²) in [5, 5.41) is 0.00630. The molecule has 4 amide bonds. The van der Waals surface area contributed by atoms with Gasteiger partial charge in [-0.25, -0.2) is 25.2 Å². The van der Waals surface area contributed by atoms with E-state index in [1.165, 1.54) is 19.6 Å². The molecular formula is C12H15F9N4O3Si. The second-order valence-corrected chi connectivity index (χ2v) is 11.0. The van der Waals surface area contributed by atoms with Gasteiger partial charge in [0.1, 0.15) is 0 Å². The summed E-state index contributed by atoms with van der Waals surface area (Å²) < 4.78 is 119. The van der Waals surface area contributed by atoms with Crippen LogP contribution in [0.25, 0.3) is 0 Å². The fourth-order valence-electron chi connectivity index (χ4n) is 2.06. The SMILES string of the molecule is C[Si](C)(C)O[C@@H]1C=C(C(F)(F)F)CN(C(=O)NC(F)(F)F)N1C(=O)NC(F)(F)F. The minimum atomic E-state index is -5.43. The maximum Gasteiger partial charge on any atom is 0.486 e. The molecule has 0 saturated carbocycles. The van der Waals surface area contributed by atoms with E-state index in [0.29, 0.717) is 10.6 Å². The number of urea groups is 2. The topological polar surface area (TPSA) is 73.9 Å². The second kappa shape index (κ2) is 7.92. The van der Waals surface area contributed by atoms with Gasteiger partial charge in [-0.2, -0.15) is 44.5 Å². The van der Waals surface area contributed by atoms with E-state index < -0.39 is 62.5 Å². The second-order valence-electron chi connectivity index (χ2n) is 6.57. The largest absolute Gasteiger partial charge is 0.486 e. The van der Waals surface area contributed by atoms with Crippen LogP contribution in [0.3, 0.4) is 0 Å². The lowest BCUT2D eigenvalue weighted by molar-refractivity contribution is -0.164. The number of carbonyl (C=O) groups excluding carboxylic acids is 2. The Hall–Kier alpha value is -2.17. The number of alkyl halides is 9. The molecule has 0 aromatic heterocycles. The fourth-order valence-corrected chi connectivity index (χ4v) is 2.95. The van der Waals surface area contributed by atoms with Crippen molar-refractivity contribution in [3.05, 3.63) is 11.6 Å². The molecule has 0 aliphatic carbocycles. The Kier molecular flexibility index (Phi) is 6.79. The summed E-state index contributed by atoms with van der Waals surface area (Å²) in [6.07, 6.45) is -18.0. The molecule has 29 heavy (non-hydrogen) atoms. The van der Waals surface area contributed by atoms with E-state index in [9.17, 15) is 49.1 Å². The molecule has 0 aromatic rings. The molecule has 0 spiro atoms. The highest BCUT2D eigenvalue weighted by atomic mass is 28.4. The van der Waals surface area contributed by atoms with Gasteiger partial charge in [0, 0.05) is 0 Å². The number of halogens is 9. The predicted molar refractivity (Wildman–Crippen MR) is 80.1 cm³/mol. The number of hydrazine groups is 1. The van der Waals surface area contributed by atoms with Crippen LogP contribution in [0.15, 0.2) is 11.6 Å². The van der Waals surface area contributed by atoms with Crippen LogP contribution in [0.1, 0.15) is 0 Å². The lowest BCUT2D eigenvalue weighted by Crippen LogP contribution is -2.66. The molecule has 17 heteroatoms. The molecule has 0 unspecified atom stereocenters. The Morgan fingerprint density at radius 3 is 1.79 bits per heavy atom. The van der Waals surface area contributed by atoms with Crippen molar-refractivity contribution >= 4 is 20.4 Å². The van der Waals surface area contributed by atoms with Crippen LogP contribution in [-0.4, -0.2) is 61.9 Å². The molecule has 0 bridgehead atoms. The van der Waals surface area contributed by atoms with Gasteiger partial charge in [0.25, 0.3) is 0 Å². The molecule has 0 radical (unpaired) electrons. The normalized spacial score (nSPS) is 19.0. The van der Waals surface area contributed by atoms with Crippen molar-refractivity contribution in [2.45, 2.75) is 44.6 Å². The first-order valence-electron chi connectivity index (χ1n) is 7.50. The molecular weight excluding hydrogens is 447 g/mol. The first kappa shape index (κ1) is 24.9. The van der Waals surface area contributed by atoms with Crippen LogP contribution in [0.5, 0.6) is 0 Å². The van der Waals surface area contributed by atoms with Crippen LogP contribution < -0.4 is 10.6 Å². The van der Waals surface area contributed by atoms with Gasteiger partial charge in [0.2, 0.25) is 0 Å². The third-order valence-electron chi connectivity index (χ3n) is 2.94. The van der Waals surface area contributed by atoms with E-state index in [-0.39, 0.29) is 11.1 Å². The molecule has 0 saturated heterocycles. The average molecular weight is 462 g/mol. The van der Waals surface area contributed by atoms with Gasteiger partial charge < -0.3 is 4.43 Å². The number of amides is 4. The van der Waals surface area contributed by atoms with Crippen molar-refractivity contribution in [3.8, 4) is 0 Å². The van der Waals surface area contributed by atoms with Crippen LogP contribution in [0, 0.1) is 0 Å². The molecule has 0 aromatic carbocycles. The van der Waals surface area contributed by atoms with Crippen molar-refractivity contribution in [2.75, 3.05) is 6.54 Å². The Balaban J connectivity index is 3.48. The summed E-state index contributed by atoms with van der Waals surface area (Å²) in [5.41, 5.74) is -1.59. The van der Waals surface area contributed by atoms with E-state index >= 15 is 0 Å². The molecule has 1 rings (SSSR count). The number of nitrogens with zero attached hydrogens (tertiary/aromatic N) is 2. The highest BCUT2D eigenvalue weighted by Crippen LogP contribution is 2.33. The number of carbonyl (C=O) groups is 2. The van der Waals surface area contributed by atoms with E-state index in [4.69, 9.17) is 4.43 Å². The van der Waals surface area contributed by atoms with Gasteiger partial charge >= 0.3 is 30.8 Å². The van der Waals surface area contributed by atoms with E-state index in [1.54, 1.807) is 0 Å². The van der Waals surface area contributed by atoms with Crippen molar-refractivity contribution in [3.63, 3.8) is 0 Å². The van der Waals surface area contributed by atoms with Crippen molar-refractivity contribution in [1.82, 2.24) is 20.7 Å². The highest BCUT2D eigenvalue weighted by molar-refractivity contribution is 6.69. The summed E-state index contributed by atoms with van der Waals surface area (Å²) in [7, 11) is -2.89. The van der Waals surface area contributed by atoms with Gasteiger partial charge in [-0.05, 0) is 25.7 Å². The van der Waals surface area contributed by atoms with Crippen LogP contribution in [0.4, 0.5) is 49.1 Å². The van der Waals surface area contributed by atoms with Gasteiger partial charge in [0.05, 0.1) is 12.1 Å².